The average molecular weight is 257 g/mol. The summed E-state index contributed by atoms with van der Waals surface area (Å²) in [6.07, 6.45) is 0. The van der Waals surface area contributed by atoms with Crippen LogP contribution in [0.4, 0.5) is 5.69 Å². The van der Waals surface area contributed by atoms with E-state index >= 15 is 0 Å². The number of nitrogens with zero attached hydrogens (tertiary/aromatic N) is 1. The van der Waals surface area contributed by atoms with Gasteiger partial charge in [0.2, 0.25) is 0 Å². The van der Waals surface area contributed by atoms with Crippen LogP contribution in [0.2, 0.25) is 0 Å². The van der Waals surface area contributed by atoms with Crippen molar-refractivity contribution in [2.24, 2.45) is 0 Å². The van der Waals surface area contributed by atoms with Crippen LogP contribution in [-0.2, 0) is 5.44 Å². The summed E-state index contributed by atoms with van der Waals surface area (Å²) < 4.78 is 0. The van der Waals surface area contributed by atoms with E-state index in [2.05, 4.69) is 32.7 Å². The second kappa shape index (κ2) is 3.55. The van der Waals surface area contributed by atoms with Gasteiger partial charge in [-0.15, -0.1) is 0 Å². The van der Waals surface area contributed by atoms with E-state index in [0.29, 0.717) is 5.56 Å². The van der Waals surface area contributed by atoms with Gasteiger partial charge in [0.15, 0.2) is 0 Å². The Hall–Kier alpha value is -2.47. The second-order valence-corrected chi connectivity index (χ2v) is 5.70. The number of carbonyl (C=O) groups is 1. The minimum absolute atomic E-state index is 0.0413. The maximum Gasteiger partial charge on any atom is 0.259 e. The Morgan fingerprint density at radius 3 is 2.60 bits per heavy atom. The Labute approximate surface area is 118 Å². The Morgan fingerprint density at radius 2 is 1.75 bits per heavy atom. The molecule has 0 spiro atoms. The molecule has 0 unspecified atom stereocenters. The number of amides is 1. The molecule has 2 nitrogen and oxygen atoms in total. The van der Waals surface area contributed by atoms with E-state index in [4.69, 9.17) is 0 Å². The van der Waals surface area contributed by atoms with Crippen molar-refractivity contribution >= 4 is 19.4 Å². The molecule has 1 atom stereocenters. The van der Waals surface area contributed by atoms with E-state index in [0.717, 1.165) is 16.8 Å². The molecule has 2 aliphatic heterocycles. The van der Waals surface area contributed by atoms with Crippen molar-refractivity contribution in [2.75, 3.05) is 4.90 Å². The van der Waals surface area contributed by atoms with E-state index in [9.17, 15) is 4.79 Å². The van der Waals surface area contributed by atoms with Crippen molar-refractivity contribution < 1.29 is 4.79 Å². The lowest BCUT2D eigenvalue weighted by Crippen LogP contribution is -2.57. The van der Waals surface area contributed by atoms with Gasteiger partial charge in [-0.2, -0.15) is 0 Å². The summed E-state index contributed by atoms with van der Waals surface area (Å²) in [7, 11) is 2.08. The van der Waals surface area contributed by atoms with Gasteiger partial charge in [0.25, 0.3) is 5.91 Å². The number of rotatable bonds is 0. The number of para-hydroxylation sites is 1. The standard InChI is InChI=1S/C17H12BNO/c1-17(18)14-8-4-6-12-10-9-11-5-2-3-7-13(11)16(20)19(17)15(12)14/h2-8H,18H2,1H3/t17-/m1/s1. The predicted octanol–water partition coefficient (Wildman–Crippen LogP) is 1.87. The van der Waals surface area contributed by atoms with Crippen LogP contribution in [-0.4, -0.2) is 13.8 Å². The molecule has 0 fully saturated rings. The van der Waals surface area contributed by atoms with Crippen LogP contribution in [0.25, 0.3) is 0 Å². The van der Waals surface area contributed by atoms with E-state index in [1.54, 1.807) is 0 Å². The first kappa shape index (κ1) is 11.4. The summed E-state index contributed by atoms with van der Waals surface area (Å²) in [6.45, 7) is 2.08. The number of hydrogen-bond donors (Lipinski definition) is 0. The molecule has 1 amide bonds. The molecule has 2 aromatic rings. The normalized spacial score (nSPS) is 21.6. The Kier molecular flexibility index (Phi) is 2.02. The van der Waals surface area contributed by atoms with Crippen LogP contribution in [0.1, 0.15) is 34.0 Å². The molecule has 0 saturated heterocycles. The van der Waals surface area contributed by atoms with E-state index in [1.807, 2.05) is 41.3 Å². The molecule has 2 aliphatic rings. The summed E-state index contributed by atoms with van der Waals surface area (Å²) in [5, 5.41) is 0. The van der Waals surface area contributed by atoms with E-state index < -0.39 is 0 Å². The lowest BCUT2D eigenvalue weighted by atomic mass is 9.64. The third-order valence-corrected chi connectivity index (χ3v) is 4.17. The molecule has 2 heterocycles. The largest absolute Gasteiger partial charge is 0.305 e. The third kappa shape index (κ3) is 1.24. The zero-order valence-electron chi connectivity index (χ0n) is 11.4. The first-order chi connectivity index (χ1) is 9.60. The molecule has 20 heavy (non-hydrogen) atoms. The lowest BCUT2D eigenvalue weighted by Gasteiger charge is -2.51. The second-order valence-electron chi connectivity index (χ2n) is 5.70. The summed E-state index contributed by atoms with van der Waals surface area (Å²) in [6, 6.07) is 13.6. The molecule has 0 aromatic heterocycles. The van der Waals surface area contributed by atoms with Gasteiger partial charge in [-0.1, -0.05) is 36.1 Å². The molecule has 0 aliphatic carbocycles. The van der Waals surface area contributed by atoms with Crippen molar-refractivity contribution in [3.63, 3.8) is 0 Å². The molecule has 0 bridgehead atoms. The summed E-state index contributed by atoms with van der Waals surface area (Å²) in [5.41, 5.74) is 4.32. The fraction of sp³-hybridized carbons (Fsp3) is 0.118. The van der Waals surface area contributed by atoms with Crippen molar-refractivity contribution in [3.8, 4) is 11.8 Å². The Morgan fingerprint density at radius 1 is 1.05 bits per heavy atom. The van der Waals surface area contributed by atoms with Crippen LogP contribution >= 0.6 is 0 Å². The minimum Gasteiger partial charge on any atom is -0.305 e. The highest BCUT2D eigenvalue weighted by Gasteiger charge is 2.47. The van der Waals surface area contributed by atoms with Gasteiger partial charge in [-0.3, -0.25) is 4.79 Å². The van der Waals surface area contributed by atoms with Gasteiger partial charge >= 0.3 is 0 Å². The van der Waals surface area contributed by atoms with Gasteiger partial charge in [0.05, 0.1) is 11.3 Å². The van der Waals surface area contributed by atoms with Crippen molar-refractivity contribution in [1.82, 2.24) is 0 Å². The molecule has 0 radical (unpaired) electrons. The number of anilines is 1. The SMILES string of the molecule is B[C@@]1(C)c2cccc3c2N1C(=O)c1ccccc1C#C3. The van der Waals surface area contributed by atoms with Gasteiger partial charge < -0.3 is 4.90 Å². The van der Waals surface area contributed by atoms with Crippen LogP contribution in [0.3, 0.4) is 0 Å². The first-order valence-corrected chi connectivity index (χ1v) is 6.70. The summed E-state index contributed by atoms with van der Waals surface area (Å²) in [5.74, 6) is 6.38. The molecular formula is C17H12BNO. The lowest BCUT2D eigenvalue weighted by molar-refractivity contribution is 0.0963. The zero-order valence-corrected chi connectivity index (χ0v) is 11.4. The molecule has 2 aromatic carbocycles. The number of carbonyl (C=O) groups excluding carboxylic acids is 1. The highest BCUT2D eigenvalue weighted by atomic mass is 16.2. The first-order valence-electron chi connectivity index (χ1n) is 6.70. The quantitative estimate of drug-likeness (QED) is 0.521. The molecule has 3 heteroatoms. The van der Waals surface area contributed by atoms with Gasteiger partial charge in [-0.25, -0.2) is 0 Å². The van der Waals surface area contributed by atoms with E-state index in [1.165, 1.54) is 5.56 Å². The summed E-state index contributed by atoms with van der Waals surface area (Å²) >= 11 is 0. The monoisotopic (exact) mass is 257 g/mol. The highest BCUT2D eigenvalue weighted by Crippen LogP contribution is 2.48. The maximum absolute atomic E-state index is 12.9. The Bertz CT molecular complexity index is 826. The summed E-state index contributed by atoms with van der Waals surface area (Å²) in [4.78, 5) is 14.7. The topological polar surface area (TPSA) is 20.3 Å². The van der Waals surface area contributed by atoms with Gasteiger partial charge in [0, 0.05) is 16.6 Å². The third-order valence-electron chi connectivity index (χ3n) is 4.17. The molecular weight excluding hydrogens is 245 g/mol. The van der Waals surface area contributed by atoms with E-state index in [-0.39, 0.29) is 11.3 Å². The maximum atomic E-state index is 12.9. The zero-order chi connectivity index (χ0) is 13.9. The smallest absolute Gasteiger partial charge is 0.259 e. The Balaban J connectivity index is 2.07. The molecule has 0 N–H and O–H groups in total. The molecule has 0 saturated carbocycles. The number of benzene rings is 2. The predicted molar refractivity (Wildman–Crippen MR) is 81.6 cm³/mol. The number of hydrogen-bond acceptors (Lipinski definition) is 1. The molecule has 94 valence electrons. The van der Waals surface area contributed by atoms with Crippen molar-refractivity contribution in [3.05, 3.63) is 64.7 Å². The van der Waals surface area contributed by atoms with Crippen LogP contribution < -0.4 is 4.90 Å². The fourth-order valence-corrected chi connectivity index (χ4v) is 3.12. The van der Waals surface area contributed by atoms with Crippen molar-refractivity contribution in [2.45, 2.75) is 12.4 Å². The van der Waals surface area contributed by atoms with Crippen LogP contribution in [0.15, 0.2) is 42.5 Å². The van der Waals surface area contributed by atoms with Gasteiger partial charge in [-0.05, 0) is 30.7 Å². The van der Waals surface area contributed by atoms with Crippen molar-refractivity contribution in [1.29, 1.82) is 0 Å². The van der Waals surface area contributed by atoms with Crippen LogP contribution in [0, 0.1) is 11.8 Å². The fourth-order valence-electron chi connectivity index (χ4n) is 3.12. The molecule has 4 rings (SSSR count). The highest BCUT2D eigenvalue weighted by molar-refractivity contribution is 6.28. The average Bonchev–Trinajstić information content (AvgIpc) is 2.44. The number of fused-ring (bicyclic) bond motifs is 1. The van der Waals surface area contributed by atoms with Gasteiger partial charge in [0.1, 0.15) is 7.85 Å². The minimum atomic E-state index is -0.269. The van der Waals surface area contributed by atoms with Crippen LogP contribution in [0.5, 0.6) is 0 Å².